The molecule has 1 saturated carbocycles. The monoisotopic (exact) mass is 748 g/mol. The van der Waals surface area contributed by atoms with Gasteiger partial charge in [-0.3, -0.25) is 0 Å². The Bertz CT molecular complexity index is 2180. The Labute approximate surface area is 320 Å². The molecule has 1 aliphatic carbocycles. The number of aliphatic hydroxyl groups excluding tert-OH is 2. The van der Waals surface area contributed by atoms with E-state index in [9.17, 15) is 25.5 Å². The normalized spacial score (nSPS) is 22.1. The highest BCUT2D eigenvalue weighted by molar-refractivity contribution is 5.96. The van der Waals surface area contributed by atoms with Crippen molar-refractivity contribution in [1.29, 1.82) is 0 Å². The third-order valence-corrected chi connectivity index (χ3v) is 11.5. The van der Waals surface area contributed by atoms with Gasteiger partial charge in [-0.15, -0.1) is 0 Å². The van der Waals surface area contributed by atoms with E-state index in [1.807, 2.05) is 24.3 Å². The number of aliphatic hydroxyl groups is 2. The Kier molecular flexibility index (Phi) is 10.4. The molecule has 3 aliphatic rings. The van der Waals surface area contributed by atoms with Crippen LogP contribution in [0.15, 0.2) is 78.9 Å². The van der Waals surface area contributed by atoms with Crippen LogP contribution in [0.3, 0.4) is 0 Å². The van der Waals surface area contributed by atoms with Crippen LogP contribution in [0.25, 0.3) is 21.9 Å². The number of hydrogen-bond donors (Lipinski definition) is 5. The topological polar surface area (TPSA) is 147 Å². The van der Waals surface area contributed by atoms with E-state index in [1.165, 1.54) is 0 Å². The van der Waals surface area contributed by atoms with Crippen LogP contribution >= 0.6 is 0 Å². The van der Waals surface area contributed by atoms with E-state index < -0.39 is 30.1 Å². The molecular weight excluding hydrogens is 700 g/mol. The molecule has 5 unspecified atom stereocenters. The van der Waals surface area contributed by atoms with Crippen LogP contribution in [0, 0.1) is 11.8 Å². The lowest BCUT2D eigenvalue weighted by Crippen LogP contribution is -2.46. The summed E-state index contributed by atoms with van der Waals surface area (Å²) >= 11 is 0. The fourth-order valence-corrected chi connectivity index (χ4v) is 8.91. The van der Waals surface area contributed by atoms with Gasteiger partial charge >= 0.3 is 0 Å². The van der Waals surface area contributed by atoms with Crippen LogP contribution in [0.2, 0.25) is 0 Å². The van der Waals surface area contributed by atoms with Gasteiger partial charge in [0, 0.05) is 59.4 Å². The number of benzene rings is 5. The average Bonchev–Trinajstić information content (AvgIpc) is 3.69. The first-order valence-corrected chi connectivity index (χ1v) is 19.1. The highest BCUT2D eigenvalue weighted by atomic mass is 16.5. The Balaban J connectivity index is 1.20. The Morgan fingerprint density at radius 2 is 1.51 bits per heavy atom. The summed E-state index contributed by atoms with van der Waals surface area (Å²) in [6.45, 7) is 0.618. The van der Waals surface area contributed by atoms with Crippen LogP contribution in [-0.2, 0) is 11.2 Å². The van der Waals surface area contributed by atoms with Gasteiger partial charge in [-0.2, -0.15) is 0 Å². The van der Waals surface area contributed by atoms with Gasteiger partial charge in [0.15, 0.2) is 0 Å². The Hall–Kier alpha value is -5.16. The molecule has 0 saturated heterocycles. The summed E-state index contributed by atoms with van der Waals surface area (Å²) in [6, 6.07) is 22.8. The van der Waals surface area contributed by atoms with E-state index >= 15 is 0 Å². The van der Waals surface area contributed by atoms with Crippen LogP contribution in [0.4, 0.5) is 0 Å². The molecule has 5 aromatic carbocycles. The fraction of sp³-hybridized carbons (Fsp3) is 0.378. The second-order valence-electron chi connectivity index (χ2n) is 15.1. The smallest absolute Gasteiger partial charge is 0.133 e. The van der Waals surface area contributed by atoms with Crippen molar-refractivity contribution in [2.75, 3.05) is 27.4 Å². The first kappa shape index (κ1) is 36.8. The van der Waals surface area contributed by atoms with Crippen LogP contribution < -0.4 is 18.9 Å². The SMILES string of the molecule is COCCCC1Oc2c(cc(OC)c3cc(O)ccc23)C(O)C1C1COc2c(Cc3cc(O)ccc3-c3cccc(O)c3)cc(OC3CCCC3)cc2C1O. The van der Waals surface area contributed by atoms with Crippen molar-refractivity contribution >= 4 is 10.8 Å². The fourth-order valence-electron chi connectivity index (χ4n) is 8.91. The maximum atomic E-state index is 12.5. The Morgan fingerprint density at radius 1 is 0.745 bits per heavy atom. The van der Waals surface area contributed by atoms with Crippen molar-refractivity contribution in [2.24, 2.45) is 11.8 Å². The highest BCUT2D eigenvalue weighted by Gasteiger charge is 2.48. The molecule has 1 fully saturated rings. The lowest BCUT2D eigenvalue weighted by molar-refractivity contribution is -0.0884. The molecule has 0 radical (unpaired) electrons. The van der Waals surface area contributed by atoms with Crippen LogP contribution in [0.5, 0.6) is 40.2 Å². The Morgan fingerprint density at radius 3 is 2.29 bits per heavy atom. The first-order valence-electron chi connectivity index (χ1n) is 19.1. The van der Waals surface area contributed by atoms with Gasteiger partial charge in [0.2, 0.25) is 0 Å². The molecule has 8 rings (SSSR count). The molecule has 0 spiro atoms. The van der Waals surface area contributed by atoms with Crippen molar-refractivity contribution in [2.45, 2.75) is 69.4 Å². The van der Waals surface area contributed by atoms with Gasteiger partial charge in [-0.05, 0) is 116 Å². The van der Waals surface area contributed by atoms with Gasteiger partial charge in [0.25, 0.3) is 0 Å². The molecule has 0 bridgehead atoms. The number of phenols is 3. The first-order chi connectivity index (χ1) is 26.7. The third-order valence-electron chi connectivity index (χ3n) is 11.5. The van der Waals surface area contributed by atoms with E-state index in [0.717, 1.165) is 47.9 Å². The van der Waals surface area contributed by atoms with Crippen LogP contribution in [-0.4, -0.2) is 65.2 Å². The standard InChI is InChI=1S/C45H48O10/c1-51-16-6-11-39-41(43(50)37-23-40(52-2)35-21-30(48)13-15-34(35)45(37)55-39)38-24-53-44-27(20-32(22-36(44)42(38)49)54-31-9-3-4-10-31)17-26-19-29(47)12-14-33(26)25-7-5-8-28(46)18-25/h5,7-8,12-15,18-23,31,38-39,41-43,46-50H,3-4,6,9-11,16-17,24H2,1-2H3. The van der Waals surface area contributed by atoms with E-state index in [0.29, 0.717) is 70.8 Å². The number of hydrogen-bond acceptors (Lipinski definition) is 10. The molecule has 55 heavy (non-hydrogen) atoms. The van der Waals surface area contributed by atoms with E-state index in [4.69, 9.17) is 23.7 Å². The zero-order chi connectivity index (χ0) is 38.2. The molecular formula is C45H48O10. The molecule has 5 atom stereocenters. The molecule has 10 nitrogen and oxygen atoms in total. The predicted molar refractivity (Wildman–Crippen MR) is 207 cm³/mol. The zero-order valence-corrected chi connectivity index (χ0v) is 31.1. The minimum absolute atomic E-state index is 0.0638. The minimum atomic E-state index is -1.04. The third kappa shape index (κ3) is 7.22. The van der Waals surface area contributed by atoms with Crippen molar-refractivity contribution in [3.8, 4) is 51.4 Å². The summed E-state index contributed by atoms with van der Waals surface area (Å²) in [6.07, 6.45) is 3.16. The molecule has 0 amide bonds. The summed E-state index contributed by atoms with van der Waals surface area (Å²) in [7, 11) is 3.20. The molecule has 10 heteroatoms. The number of fused-ring (bicyclic) bond motifs is 4. The van der Waals surface area contributed by atoms with Gasteiger partial charge in [-0.25, -0.2) is 0 Å². The summed E-state index contributed by atoms with van der Waals surface area (Å²) < 4.78 is 31.1. The zero-order valence-electron chi connectivity index (χ0n) is 31.1. The quantitative estimate of drug-likeness (QED) is 0.0840. The lowest BCUT2D eigenvalue weighted by Gasteiger charge is -2.45. The van der Waals surface area contributed by atoms with Gasteiger partial charge in [0.1, 0.15) is 46.4 Å². The summed E-state index contributed by atoms with van der Waals surface area (Å²) in [4.78, 5) is 0. The number of aromatic hydroxyl groups is 3. The number of ether oxygens (including phenoxy) is 5. The molecule has 2 aliphatic heterocycles. The maximum absolute atomic E-state index is 12.5. The number of rotatable bonds is 11. The van der Waals surface area contributed by atoms with Crippen molar-refractivity contribution < 1.29 is 49.2 Å². The van der Waals surface area contributed by atoms with Gasteiger partial charge in [0.05, 0.1) is 32.0 Å². The van der Waals surface area contributed by atoms with E-state index in [-0.39, 0.29) is 30.0 Å². The summed E-state index contributed by atoms with van der Waals surface area (Å²) in [5, 5.41) is 57.3. The van der Waals surface area contributed by atoms with Crippen molar-refractivity contribution in [1.82, 2.24) is 0 Å². The molecule has 5 aromatic rings. The summed E-state index contributed by atoms with van der Waals surface area (Å²) in [5.74, 6) is 1.39. The molecule has 5 N–H and O–H groups in total. The van der Waals surface area contributed by atoms with Crippen LogP contribution in [0.1, 0.15) is 73.0 Å². The predicted octanol–water partition coefficient (Wildman–Crippen LogP) is 8.12. The molecule has 2 heterocycles. The van der Waals surface area contributed by atoms with E-state index in [1.54, 1.807) is 68.8 Å². The average molecular weight is 749 g/mol. The lowest BCUT2D eigenvalue weighted by atomic mass is 9.72. The molecule has 0 aromatic heterocycles. The van der Waals surface area contributed by atoms with E-state index in [2.05, 4.69) is 0 Å². The van der Waals surface area contributed by atoms with Crippen molar-refractivity contribution in [3.63, 3.8) is 0 Å². The van der Waals surface area contributed by atoms with Gasteiger partial charge in [-0.1, -0.05) is 18.2 Å². The van der Waals surface area contributed by atoms with Gasteiger partial charge < -0.3 is 49.2 Å². The molecule has 288 valence electrons. The second-order valence-corrected chi connectivity index (χ2v) is 15.1. The number of methoxy groups -OCH3 is 2. The minimum Gasteiger partial charge on any atom is -0.508 e. The number of phenolic OH excluding ortho intramolecular Hbond substituents is 3. The highest BCUT2D eigenvalue weighted by Crippen LogP contribution is 2.53. The van der Waals surface area contributed by atoms with Crippen molar-refractivity contribution in [3.05, 3.63) is 101 Å². The largest absolute Gasteiger partial charge is 0.508 e. The maximum Gasteiger partial charge on any atom is 0.133 e. The summed E-state index contributed by atoms with van der Waals surface area (Å²) in [5.41, 5.74) is 4.36. The second kappa shape index (κ2) is 15.5.